The SMILES string of the molecule is O=C([O-])O.O=S(=O)([O-])[O-].[NH4+].[NH4+].[NH4+]. The molecule has 80 valence electrons. The number of carboxylic acid groups (broad SMARTS) is 2. The second-order valence-electron chi connectivity index (χ2n) is 0.674. The van der Waals surface area contributed by atoms with Gasteiger partial charge >= 0.3 is 0 Å². The van der Waals surface area contributed by atoms with E-state index in [4.69, 9.17) is 32.5 Å². The highest BCUT2D eigenvalue weighted by Gasteiger charge is 1.51. The van der Waals surface area contributed by atoms with Crippen molar-refractivity contribution in [1.82, 2.24) is 18.5 Å². The Hall–Kier alpha value is -0.980. The first kappa shape index (κ1) is 30.5. The van der Waals surface area contributed by atoms with Crippen LogP contribution in [0.2, 0.25) is 0 Å². The van der Waals surface area contributed by atoms with E-state index in [1.807, 2.05) is 0 Å². The Morgan fingerprint density at radius 1 is 1.08 bits per heavy atom. The monoisotopic (exact) mass is 211 g/mol. The number of carbonyl (C=O) groups is 1. The molecule has 0 aliphatic heterocycles. The molecule has 0 bridgehead atoms. The average molecular weight is 211 g/mol. The first-order valence-electron chi connectivity index (χ1n) is 1.30. The molecule has 0 aliphatic rings. The summed E-state index contributed by atoms with van der Waals surface area (Å²) in [6.45, 7) is 0. The Morgan fingerprint density at radius 2 is 1.08 bits per heavy atom. The predicted molar refractivity (Wildman–Crippen MR) is 36.5 cm³/mol. The molecule has 10 nitrogen and oxygen atoms in total. The van der Waals surface area contributed by atoms with Crippen molar-refractivity contribution in [3.8, 4) is 0 Å². The van der Waals surface area contributed by atoms with E-state index in [1.165, 1.54) is 0 Å². The molecule has 0 heterocycles. The van der Waals surface area contributed by atoms with E-state index < -0.39 is 16.6 Å². The van der Waals surface area contributed by atoms with E-state index in [2.05, 4.69) is 0 Å². The lowest BCUT2D eigenvalue weighted by atomic mass is 11.5. The topological polar surface area (TPSA) is 250 Å². The molecule has 0 saturated carbocycles. The molecule has 0 aromatic rings. The van der Waals surface area contributed by atoms with Gasteiger partial charge in [0.1, 0.15) is 0 Å². The van der Waals surface area contributed by atoms with Crippen LogP contribution < -0.4 is 23.6 Å². The summed E-state index contributed by atoms with van der Waals surface area (Å²) < 4.78 is 34.1. The summed E-state index contributed by atoms with van der Waals surface area (Å²) in [6.07, 6.45) is -2.08. The lowest BCUT2D eigenvalue weighted by molar-refractivity contribution is -0.275. The standard InChI is InChI=1S/CH2O3.3H3N.H2O4S/c2-1(3)4;;;;1-5(2,3)4/h(H2,2,3,4);3*1H3;(H2,1,2,3,4). The lowest BCUT2D eigenvalue weighted by Crippen LogP contribution is -2.17. The number of hydrogen-bond acceptors (Lipinski definition) is 6. The van der Waals surface area contributed by atoms with Crippen LogP contribution >= 0.6 is 0 Å². The molecule has 12 heavy (non-hydrogen) atoms. The Labute approximate surface area is 68.5 Å². The van der Waals surface area contributed by atoms with Crippen molar-refractivity contribution in [1.29, 1.82) is 0 Å². The maximum atomic E-state index is 8.52. The van der Waals surface area contributed by atoms with Crippen molar-refractivity contribution < 1.29 is 32.5 Å². The zero-order chi connectivity index (χ0) is 8.08. The third kappa shape index (κ3) is 604. The van der Waals surface area contributed by atoms with Crippen molar-refractivity contribution in [2.45, 2.75) is 0 Å². The Balaban J connectivity index is -0.0000000221. The van der Waals surface area contributed by atoms with Gasteiger partial charge in [-0.2, -0.15) is 0 Å². The molecule has 0 spiro atoms. The van der Waals surface area contributed by atoms with Gasteiger partial charge in [-0.25, -0.2) is 0 Å². The minimum Gasteiger partial charge on any atom is -0.759 e. The number of rotatable bonds is 0. The summed E-state index contributed by atoms with van der Waals surface area (Å²) in [4.78, 5) is 8.44. The third-order valence-corrected chi connectivity index (χ3v) is 0. The van der Waals surface area contributed by atoms with Crippen molar-refractivity contribution in [3.63, 3.8) is 0 Å². The highest BCUT2D eigenvalue weighted by atomic mass is 32.3. The Kier molecular flexibility index (Phi) is 32.2. The maximum absolute atomic E-state index is 8.52. The van der Waals surface area contributed by atoms with Crippen LogP contribution in [0, 0.1) is 0 Å². The molecular formula is CH13N3O7S. The zero-order valence-corrected chi connectivity index (χ0v) is 7.62. The Bertz CT molecular complexity index is 161. The molecule has 0 unspecified atom stereocenters. The Morgan fingerprint density at radius 3 is 1.08 bits per heavy atom. The molecule has 0 rings (SSSR count). The van der Waals surface area contributed by atoms with E-state index >= 15 is 0 Å². The van der Waals surface area contributed by atoms with Gasteiger partial charge in [0.15, 0.2) is 0 Å². The fourth-order valence-corrected chi connectivity index (χ4v) is 0. The average Bonchev–Trinajstić information content (AvgIpc) is 1.19. The van der Waals surface area contributed by atoms with Gasteiger partial charge in [-0.1, -0.05) is 0 Å². The van der Waals surface area contributed by atoms with Crippen LogP contribution in [0.5, 0.6) is 0 Å². The van der Waals surface area contributed by atoms with Gasteiger partial charge in [-0.3, -0.25) is 8.42 Å². The van der Waals surface area contributed by atoms with Crippen LogP contribution in [-0.2, 0) is 10.4 Å². The fourth-order valence-electron chi connectivity index (χ4n) is 0. The van der Waals surface area contributed by atoms with Crippen LogP contribution in [-0.4, -0.2) is 28.8 Å². The number of quaternary nitrogens is 3. The normalized spacial score (nSPS) is 6.83. The minimum absolute atomic E-state index is 0. The van der Waals surface area contributed by atoms with Gasteiger partial charge in [0.05, 0.1) is 0 Å². The van der Waals surface area contributed by atoms with Gasteiger partial charge in [0.25, 0.3) is 0 Å². The minimum atomic E-state index is -5.17. The lowest BCUT2D eigenvalue weighted by Gasteiger charge is -2.06. The first-order chi connectivity index (χ1) is 3.73. The smallest absolute Gasteiger partial charge is 0.249 e. The molecule has 0 saturated heterocycles. The van der Waals surface area contributed by atoms with E-state index in [0.717, 1.165) is 0 Å². The summed E-state index contributed by atoms with van der Waals surface area (Å²) in [6, 6.07) is 0. The zero-order valence-electron chi connectivity index (χ0n) is 6.80. The molecular weight excluding hydrogens is 198 g/mol. The summed E-state index contributed by atoms with van der Waals surface area (Å²) in [5, 5.41) is 15.3. The highest BCUT2D eigenvalue weighted by molar-refractivity contribution is 7.79. The predicted octanol–water partition coefficient (Wildman–Crippen LogP) is -1.32. The van der Waals surface area contributed by atoms with Gasteiger partial charge in [-0.15, -0.1) is 0 Å². The molecule has 0 atom stereocenters. The van der Waals surface area contributed by atoms with Crippen molar-refractivity contribution >= 4 is 16.6 Å². The van der Waals surface area contributed by atoms with Crippen LogP contribution in [0.3, 0.4) is 0 Å². The quantitative estimate of drug-likeness (QED) is 0.277. The molecule has 0 radical (unpaired) electrons. The van der Waals surface area contributed by atoms with E-state index in [9.17, 15) is 0 Å². The van der Waals surface area contributed by atoms with E-state index in [-0.39, 0.29) is 18.5 Å². The van der Waals surface area contributed by atoms with Gasteiger partial charge < -0.3 is 42.6 Å². The molecule has 0 aromatic carbocycles. The fraction of sp³-hybridized carbons (Fsp3) is 0. The van der Waals surface area contributed by atoms with Crippen molar-refractivity contribution in [2.24, 2.45) is 0 Å². The molecule has 0 amide bonds. The van der Waals surface area contributed by atoms with Crippen LogP contribution in [0.4, 0.5) is 4.79 Å². The molecule has 11 heteroatoms. The largest absolute Gasteiger partial charge is 0.759 e. The van der Waals surface area contributed by atoms with Crippen LogP contribution in [0.15, 0.2) is 0 Å². The van der Waals surface area contributed by atoms with E-state index in [0.29, 0.717) is 0 Å². The first-order valence-corrected chi connectivity index (χ1v) is 2.63. The second-order valence-corrected chi connectivity index (χ2v) is 1.49. The van der Waals surface area contributed by atoms with Crippen molar-refractivity contribution in [3.05, 3.63) is 0 Å². The van der Waals surface area contributed by atoms with Crippen molar-refractivity contribution in [2.75, 3.05) is 0 Å². The van der Waals surface area contributed by atoms with Gasteiger partial charge in [0, 0.05) is 10.4 Å². The summed E-state index contributed by atoms with van der Waals surface area (Å²) in [7, 11) is -5.17. The second kappa shape index (κ2) is 12.7. The van der Waals surface area contributed by atoms with Crippen LogP contribution in [0.1, 0.15) is 0 Å². The molecule has 13 N–H and O–H groups in total. The maximum Gasteiger partial charge on any atom is 0.249 e. The van der Waals surface area contributed by atoms with E-state index in [1.54, 1.807) is 0 Å². The van der Waals surface area contributed by atoms with Crippen LogP contribution in [0.25, 0.3) is 0 Å². The third-order valence-electron chi connectivity index (χ3n) is 0. The van der Waals surface area contributed by atoms with Gasteiger partial charge in [0.2, 0.25) is 6.16 Å². The molecule has 0 fully saturated rings. The number of hydrogen-bond donors (Lipinski definition) is 4. The molecule has 0 aliphatic carbocycles. The highest BCUT2D eigenvalue weighted by Crippen LogP contribution is 1.57. The summed E-state index contributed by atoms with van der Waals surface area (Å²) >= 11 is 0. The molecule has 0 aromatic heterocycles. The summed E-state index contributed by atoms with van der Waals surface area (Å²) in [5.41, 5.74) is 0. The van der Waals surface area contributed by atoms with Gasteiger partial charge in [-0.05, 0) is 0 Å². The summed E-state index contributed by atoms with van der Waals surface area (Å²) in [5.74, 6) is 0.